The third-order valence-electron chi connectivity index (χ3n) is 20.0. The molecule has 2 saturated heterocycles. The maximum atomic E-state index is 12.8. The van der Waals surface area contributed by atoms with E-state index in [2.05, 4.69) is 216 Å². The van der Waals surface area contributed by atoms with E-state index in [1.807, 2.05) is 30.3 Å². The van der Waals surface area contributed by atoms with Gasteiger partial charge in [-0.1, -0.05) is 134 Å². The molecular weight excluding hydrogens is 1390 g/mol. The maximum absolute atomic E-state index is 12.8. The summed E-state index contributed by atoms with van der Waals surface area (Å²) in [7, 11) is -11.4. The number of cyclic esters (lactones) is 1. The van der Waals surface area contributed by atoms with Crippen molar-refractivity contribution in [2.24, 2.45) is 22.7 Å². The van der Waals surface area contributed by atoms with Crippen LogP contribution in [0.4, 0.5) is 0 Å². The predicted octanol–water partition coefficient (Wildman–Crippen LogP) is 21.8. The van der Waals surface area contributed by atoms with Crippen LogP contribution in [0.15, 0.2) is 89.4 Å². The summed E-state index contributed by atoms with van der Waals surface area (Å²) < 4.78 is 52.2. The van der Waals surface area contributed by atoms with Crippen LogP contribution in [-0.4, -0.2) is 111 Å². The Morgan fingerprint density at radius 3 is 1.41 bits per heavy atom. The lowest BCUT2D eigenvalue weighted by Gasteiger charge is -2.53. The predicted molar refractivity (Wildman–Crippen MR) is 415 cm³/mol. The molecule has 3 saturated carbocycles. The first-order valence-corrected chi connectivity index (χ1v) is 57.8. The Morgan fingerprint density at radius 2 is 0.968 bits per heavy atom. The zero-order valence-corrected chi connectivity index (χ0v) is 71.5. The van der Waals surface area contributed by atoms with Crippen LogP contribution in [0.3, 0.4) is 0 Å². The molecule has 95 heavy (non-hydrogen) atoms. The van der Waals surface area contributed by atoms with Crippen molar-refractivity contribution in [3.8, 4) is 0 Å². The van der Waals surface area contributed by atoms with Gasteiger partial charge >= 0.3 is 5.97 Å². The number of rotatable bonds is 22. The fraction of sp³-hybridized carbons (Fsp3) is 0.671. The van der Waals surface area contributed by atoms with E-state index in [0.717, 1.165) is 27.4 Å². The Labute approximate surface area is 600 Å². The number of aliphatic hydroxyl groups is 1. The first-order valence-electron chi connectivity index (χ1n) is 35.8. The molecule has 3 aliphatic carbocycles. The van der Waals surface area contributed by atoms with Gasteiger partial charge < -0.3 is 41.1 Å². The highest BCUT2D eigenvalue weighted by molar-refractivity contribution is 9.10. The summed E-state index contributed by atoms with van der Waals surface area (Å²) >= 11 is 16.7. The van der Waals surface area contributed by atoms with Crippen LogP contribution >= 0.6 is 39.1 Å². The lowest BCUT2D eigenvalue weighted by Crippen LogP contribution is -2.65. The Balaban J connectivity index is 0.000000223. The average molecular weight is 1520 g/mol. The van der Waals surface area contributed by atoms with Crippen molar-refractivity contribution in [2.45, 2.75) is 290 Å². The van der Waals surface area contributed by atoms with Crippen LogP contribution in [-0.2, 0) is 59.5 Å². The number of hydrogen-bond acceptors (Lipinski definition) is 10. The quantitative estimate of drug-likeness (QED) is 0.0603. The van der Waals surface area contributed by atoms with Crippen LogP contribution < -0.4 is 0 Å². The Morgan fingerprint density at radius 1 is 0.537 bits per heavy atom. The van der Waals surface area contributed by atoms with Crippen LogP contribution in [0.1, 0.15) is 156 Å². The second-order valence-electron chi connectivity index (χ2n) is 35.0. The van der Waals surface area contributed by atoms with Gasteiger partial charge in [0.2, 0.25) is 5.79 Å². The highest BCUT2D eigenvalue weighted by atomic mass is 79.9. The molecule has 5 fully saturated rings. The Hall–Kier alpha value is -1.61. The second kappa shape index (κ2) is 32.8. The third kappa shape index (κ3) is 24.3. The molecule has 1 N–H and O–H groups in total. The number of carbonyl (C=O) groups is 1. The van der Waals surface area contributed by atoms with E-state index in [4.69, 9.17) is 59.2 Å². The summed E-state index contributed by atoms with van der Waals surface area (Å²) in [6.45, 7) is 48.5. The Kier molecular flexibility index (Phi) is 27.9. The molecule has 0 aromatic heterocycles. The van der Waals surface area contributed by atoms with Crippen LogP contribution in [0.5, 0.6) is 0 Å². The minimum atomic E-state index is -2.15. The van der Waals surface area contributed by atoms with Crippen molar-refractivity contribution < 1.29 is 45.9 Å². The molecule has 9 rings (SSSR count). The zero-order chi connectivity index (χ0) is 70.5. The molecule has 1 unspecified atom stereocenters. The standard InChI is InChI=1S/C38H61ClO5Si3.C22H26BrCl.C16H36O5Si3/c1-27-34(26-41-45(2,3)4)42-38(40,36(44-47(8,9)10)35(27)43-46(5,6)7)32-16-17-33(39)31(25-32)24-28-12-14-29(15-13-28)30-18-22-37(23-19-30)20-11-21-37;1-3-22(2)12-10-18(11-13-22)17-6-4-16(5-7-17)14-19-15-20(23)8-9-21(19)24;1-12-13(11-18-22(2,3)4)19-16(17)15(21-24(8,9)10)14(12)20-23(5,6)7/h12-17,25,27,30,34-36,40H,11,18-24,26H2,1-10H3;4-9,15,18H,3,10-14H2,1-2H3;12-15H,11H2,1-10H3/t27-,34-,35+,36-,38?;;12-,13-,14+,15-/m1.1/s1. The lowest BCUT2D eigenvalue weighted by molar-refractivity contribution is -0.341. The van der Waals surface area contributed by atoms with Gasteiger partial charge in [0.05, 0.1) is 31.5 Å². The maximum Gasteiger partial charge on any atom is 0.337 e. The minimum Gasteiger partial charge on any atom is -0.458 e. The summed E-state index contributed by atoms with van der Waals surface area (Å²) in [4.78, 5) is 12.6. The van der Waals surface area contributed by atoms with Gasteiger partial charge in [0.1, 0.15) is 12.2 Å². The monoisotopic (exact) mass is 1510 g/mol. The summed E-state index contributed by atoms with van der Waals surface area (Å²) in [5.74, 6) is -0.599. The molecule has 532 valence electrons. The molecule has 4 aromatic rings. The fourth-order valence-electron chi connectivity index (χ4n) is 14.1. The molecule has 5 aliphatic rings. The van der Waals surface area contributed by atoms with Crippen molar-refractivity contribution >= 4 is 95.0 Å². The van der Waals surface area contributed by atoms with Gasteiger partial charge in [-0.3, -0.25) is 0 Å². The van der Waals surface area contributed by atoms with Gasteiger partial charge in [-0.15, -0.1) is 0 Å². The molecule has 0 bridgehead atoms. The first-order chi connectivity index (χ1) is 43.8. The molecule has 2 aliphatic heterocycles. The molecule has 1 spiro atoms. The van der Waals surface area contributed by atoms with E-state index in [-0.39, 0.29) is 42.2 Å². The number of esters is 1. The zero-order valence-electron chi connectivity index (χ0n) is 62.4. The highest BCUT2D eigenvalue weighted by Crippen LogP contribution is 2.55. The van der Waals surface area contributed by atoms with Crippen molar-refractivity contribution in [2.75, 3.05) is 13.2 Å². The molecule has 19 heteroatoms. The molecular formula is C76H123BrCl2O10Si6. The topological polar surface area (TPSA) is 111 Å². The van der Waals surface area contributed by atoms with Crippen molar-refractivity contribution in [1.29, 1.82) is 0 Å². The average Bonchev–Trinajstić information content (AvgIpc) is 0.742. The first kappa shape index (κ1) is 80.7. The summed E-state index contributed by atoms with van der Waals surface area (Å²) in [5, 5.41) is 14.3. The van der Waals surface area contributed by atoms with Crippen LogP contribution in [0.2, 0.25) is 128 Å². The van der Waals surface area contributed by atoms with Gasteiger partial charge in [-0.05, 0) is 281 Å². The molecule has 4 aromatic carbocycles. The normalized spacial score (nSPS) is 27.8. The van der Waals surface area contributed by atoms with Gasteiger partial charge in [0, 0.05) is 31.9 Å². The van der Waals surface area contributed by atoms with Gasteiger partial charge in [0.25, 0.3) is 0 Å². The number of ether oxygens (including phenoxy) is 2. The smallest absolute Gasteiger partial charge is 0.337 e. The van der Waals surface area contributed by atoms with E-state index in [1.54, 1.807) is 0 Å². The SMILES string of the molecule is CCC1(C)CCC(c2ccc(Cc3cc(Br)ccc3Cl)cc2)CC1.C[C@H]1[C@H](O[Si](C)(C)C)[C@@H](O[Si](C)(C)C)C(=O)O[C@@H]1CO[Si](C)(C)C.C[C@H]1[C@H](O[Si](C)(C)C)[C@@H](O[Si](C)(C)C)C(O)(c2ccc(Cl)c(Cc3ccc(C4CCC5(CCC5)CC4)cc3)c2)O[C@@H]1CO[Si](C)(C)C. The number of hydrogen-bond donors (Lipinski definition) is 1. The van der Waals surface area contributed by atoms with Crippen molar-refractivity contribution in [1.82, 2.24) is 0 Å². The van der Waals surface area contributed by atoms with E-state index in [0.29, 0.717) is 47.0 Å². The second-order valence-corrected chi connectivity index (χ2v) is 63.6. The molecule has 9 atom stereocenters. The Bertz CT molecular complexity index is 3090. The van der Waals surface area contributed by atoms with E-state index < -0.39 is 67.9 Å². The number of halogens is 3. The van der Waals surface area contributed by atoms with Crippen LogP contribution in [0, 0.1) is 22.7 Å². The van der Waals surface area contributed by atoms with E-state index in [9.17, 15) is 9.90 Å². The summed E-state index contributed by atoms with van der Waals surface area (Å²) in [6.07, 6.45) is 15.4. The summed E-state index contributed by atoms with van der Waals surface area (Å²) in [5.41, 5.74) is 9.56. The van der Waals surface area contributed by atoms with Gasteiger partial charge in [0.15, 0.2) is 56.0 Å². The molecule has 0 amide bonds. The van der Waals surface area contributed by atoms with E-state index in [1.165, 1.54) is 105 Å². The lowest BCUT2D eigenvalue weighted by atomic mass is 9.58. The van der Waals surface area contributed by atoms with Crippen LogP contribution in [0.25, 0.3) is 0 Å². The third-order valence-corrected chi connectivity index (χ3v) is 27.2. The number of benzene rings is 4. The molecule has 0 radical (unpaired) electrons. The minimum absolute atomic E-state index is 0.0339. The van der Waals surface area contributed by atoms with Crippen molar-refractivity contribution in [3.63, 3.8) is 0 Å². The van der Waals surface area contributed by atoms with Gasteiger partial charge in [-0.2, -0.15) is 0 Å². The van der Waals surface area contributed by atoms with Gasteiger partial charge in [-0.25, -0.2) is 4.79 Å². The molecule has 10 nitrogen and oxygen atoms in total. The van der Waals surface area contributed by atoms with Crippen molar-refractivity contribution in [3.05, 3.63) is 138 Å². The summed E-state index contributed by atoms with van der Waals surface area (Å²) in [6, 6.07) is 30.3. The highest BCUT2D eigenvalue weighted by Gasteiger charge is 2.57. The number of carbonyl (C=O) groups excluding carboxylic acids is 1. The largest absolute Gasteiger partial charge is 0.458 e. The fourth-order valence-corrected chi connectivity index (χ4v) is 20.6. The molecule has 2 heterocycles. The van der Waals surface area contributed by atoms with E-state index >= 15 is 0 Å².